The van der Waals surface area contributed by atoms with E-state index >= 15 is 0 Å². The van der Waals surface area contributed by atoms with Crippen LogP contribution in [0.1, 0.15) is 44.1 Å². The summed E-state index contributed by atoms with van der Waals surface area (Å²) in [6, 6.07) is 36.9. The fraction of sp³-hybridized carbons (Fsp3) is 0.267. The van der Waals surface area contributed by atoms with E-state index in [1.165, 1.54) is 48.4 Å². The van der Waals surface area contributed by atoms with Crippen molar-refractivity contribution in [2.24, 2.45) is 0 Å². The summed E-state index contributed by atoms with van der Waals surface area (Å²) in [5, 5.41) is 5.00. The van der Waals surface area contributed by atoms with Gasteiger partial charge < -0.3 is 4.80 Å². The molecule has 0 unspecified atom stereocenters. The van der Waals surface area contributed by atoms with E-state index in [1.54, 1.807) is 0 Å². The minimum absolute atomic E-state index is 0.900. The molecule has 0 amide bonds. The van der Waals surface area contributed by atoms with E-state index < -0.39 is 8.32 Å². The SMILES string of the molecule is O[Si](CCCCCCCCc1cccc2ccccc12)(c1ccccc1)c1ccccc1. The predicted octanol–water partition coefficient (Wildman–Crippen LogP) is 6.48. The van der Waals surface area contributed by atoms with Crippen LogP contribution in [0.15, 0.2) is 103 Å². The van der Waals surface area contributed by atoms with E-state index in [0.29, 0.717) is 0 Å². The molecule has 1 N–H and O–H groups in total. The first-order valence-corrected chi connectivity index (χ1v) is 14.2. The molecular formula is C30H34OSi. The molecule has 0 fully saturated rings. The van der Waals surface area contributed by atoms with Gasteiger partial charge in [0.2, 0.25) is 0 Å². The van der Waals surface area contributed by atoms with Crippen LogP contribution in [0.3, 0.4) is 0 Å². The van der Waals surface area contributed by atoms with Gasteiger partial charge >= 0.3 is 0 Å². The maximum absolute atomic E-state index is 11.7. The summed E-state index contributed by atoms with van der Waals surface area (Å²) in [4.78, 5) is 11.7. The van der Waals surface area contributed by atoms with Crippen LogP contribution in [0.4, 0.5) is 0 Å². The zero-order valence-corrected chi connectivity index (χ0v) is 19.9. The average Bonchev–Trinajstić information content (AvgIpc) is 2.86. The van der Waals surface area contributed by atoms with Crippen molar-refractivity contribution in [2.75, 3.05) is 0 Å². The van der Waals surface area contributed by atoms with E-state index in [4.69, 9.17) is 0 Å². The Bertz CT molecular complexity index is 1050. The van der Waals surface area contributed by atoms with E-state index in [0.717, 1.165) is 29.3 Å². The molecule has 4 aromatic rings. The molecule has 32 heavy (non-hydrogen) atoms. The lowest BCUT2D eigenvalue weighted by Gasteiger charge is -2.26. The topological polar surface area (TPSA) is 20.2 Å². The second kappa shape index (κ2) is 11.3. The van der Waals surface area contributed by atoms with Crippen LogP contribution in [0.5, 0.6) is 0 Å². The summed E-state index contributed by atoms with van der Waals surface area (Å²) in [5.74, 6) is 0. The third-order valence-corrected chi connectivity index (χ3v) is 10.3. The van der Waals surface area contributed by atoms with E-state index in [2.05, 4.69) is 66.7 Å². The van der Waals surface area contributed by atoms with Crippen molar-refractivity contribution in [3.63, 3.8) is 0 Å². The van der Waals surface area contributed by atoms with Crippen LogP contribution in [-0.2, 0) is 6.42 Å². The highest BCUT2D eigenvalue weighted by Gasteiger charge is 2.34. The molecule has 4 rings (SSSR count). The molecule has 0 radical (unpaired) electrons. The molecule has 4 aromatic carbocycles. The van der Waals surface area contributed by atoms with Crippen LogP contribution in [-0.4, -0.2) is 13.1 Å². The van der Waals surface area contributed by atoms with E-state index in [1.807, 2.05) is 36.4 Å². The van der Waals surface area contributed by atoms with Gasteiger partial charge in [-0.2, -0.15) is 0 Å². The smallest absolute Gasteiger partial charge is 0.252 e. The molecule has 164 valence electrons. The molecule has 1 nitrogen and oxygen atoms in total. The lowest BCUT2D eigenvalue weighted by atomic mass is 9.99. The third-order valence-electron chi connectivity index (χ3n) is 6.62. The summed E-state index contributed by atoms with van der Waals surface area (Å²) < 4.78 is 0. The Balaban J connectivity index is 1.23. The molecule has 0 aliphatic carbocycles. The van der Waals surface area contributed by atoms with Crippen molar-refractivity contribution in [3.05, 3.63) is 109 Å². The van der Waals surface area contributed by atoms with Gasteiger partial charge in [-0.25, -0.2) is 0 Å². The van der Waals surface area contributed by atoms with Gasteiger partial charge in [-0.3, -0.25) is 0 Å². The summed E-state index contributed by atoms with van der Waals surface area (Å²) in [6.07, 6.45) is 8.52. The maximum Gasteiger partial charge on any atom is 0.252 e. The third kappa shape index (κ3) is 5.56. The second-order valence-electron chi connectivity index (χ2n) is 8.85. The molecule has 2 heteroatoms. The minimum atomic E-state index is -2.65. The molecule has 0 saturated carbocycles. The van der Waals surface area contributed by atoms with Crippen LogP contribution < -0.4 is 10.4 Å². The molecule has 0 saturated heterocycles. The van der Waals surface area contributed by atoms with Crippen molar-refractivity contribution >= 4 is 29.5 Å². The second-order valence-corrected chi connectivity index (χ2v) is 12.2. The van der Waals surface area contributed by atoms with Gasteiger partial charge in [-0.05, 0) is 45.6 Å². The zero-order valence-electron chi connectivity index (χ0n) is 18.9. The van der Waals surface area contributed by atoms with Crippen molar-refractivity contribution in [3.8, 4) is 0 Å². The Morgan fingerprint density at radius 2 is 1.03 bits per heavy atom. The highest BCUT2D eigenvalue weighted by atomic mass is 28.4. The van der Waals surface area contributed by atoms with Gasteiger partial charge in [0.25, 0.3) is 8.32 Å². The number of fused-ring (bicyclic) bond motifs is 1. The van der Waals surface area contributed by atoms with Crippen molar-refractivity contribution < 1.29 is 4.80 Å². The van der Waals surface area contributed by atoms with Gasteiger partial charge in [0.15, 0.2) is 0 Å². The van der Waals surface area contributed by atoms with Crippen molar-refractivity contribution in [1.82, 2.24) is 0 Å². The standard InChI is InChI=1S/C30H34OSi/c31-32(28-20-8-5-9-21-28,29-22-10-6-11-23-29)25-14-4-2-1-3-7-16-26-18-15-19-27-17-12-13-24-30(26)27/h5-6,8-13,15,17-24,31H,1-4,7,14,16,25H2. The molecule has 0 aliphatic rings. The number of rotatable bonds is 11. The molecule has 0 atom stereocenters. The predicted molar refractivity (Wildman–Crippen MR) is 140 cm³/mol. The quantitative estimate of drug-likeness (QED) is 0.210. The highest BCUT2D eigenvalue weighted by molar-refractivity contribution is 6.96. The Kier molecular flexibility index (Phi) is 7.92. The zero-order chi connectivity index (χ0) is 22.1. The summed E-state index contributed by atoms with van der Waals surface area (Å²) in [7, 11) is -2.65. The first kappa shape index (κ1) is 22.5. The summed E-state index contributed by atoms with van der Waals surface area (Å²) in [5.41, 5.74) is 1.48. The first-order valence-electron chi connectivity index (χ1n) is 12.1. The van der Waals surface area contributed by atoms with Crippen LogP contribution >= 0.6 is 0 Å². The number of unbranched alkanes of at least 4 members (excludes halogenated alkanes) is 5. The molecule has 0 aromatic heterocycles. The van der Waals surface area contributed by atoms with Gasteiger partial charge in [0, 0.05) is 0 Å². The number of hydrogen-bond donors (Lipinski definition) is 1. The normalized spacial score (nSPS) is 11.7. The number of benzene rings is 4. The Labute approximate surface area is 193 Å². The summed E-state index contributed by atoms with van der Waals surface area (Å²) in [6.45, 7) is 0. The van der Waals surface area contributed by atoms with Crippen molar-refractivity contribution in [2.45, 2.75) is 51.0 Å². The molecule has 0 spiro atoms. The van der Waals surface area contributed by atoms with Gasteiger partial charge in [0.1, 0.15) is 0 Å². The largest absolute Gasteiger partial charge is 0.424 e. The van der Waals surface area contributed by atoms with Crippen molar-refractivity contribution in [1.29, 1.82) is 0 Å². The fourth-order valence-electron chi connectivity index (χ4n) is 4.80. The van der Waals surface area contributed by atoms with Crippen LogP contribution in [0.25, 0.3) is 10.8 Å². The molecule has 0 bridgehead atoms. The molecule has 0 aliphatic heterocycles. The van der Waals surface area contributed by atoms with Crippen LogP contribution in [0.2, 0.25) is 6.04 Å². The lowest BCUT2D eigenvalue weighted by molar-refractivity contribution is 0.549. The molecular weight excluding hydrogens is 404 g/mol. The number of hydrogen-bond acceptors (Lipinski definition) is 1. The van der Waals surface area contributed by atoms with E-state index in [9.17, 15) is 4.80 Å². The Hall–Kier alpha value is -2.68. The lowest BCUT2D eigenvalue weighted by Crippen LogP contribution is -2.58. The van der Waals surface area contributed by atoms with Gasteiger partial charge in [0.05, 0.1) is 0 Å². The number of aryl methyl sites for hydroxylation is 1. The minimum Gasteiger partial charge on any atom is -0.424 e. The van der Waals surface area contributed by atoms with Gasteiger partial charge in [-0.15, -0.1) is 0 Å². The molecule has 0 heterocycles. The highest BCUT2D eigenvalue weighted by Crippen LogP contribution is 2.21. The Morgan fingerprint density at radius 3 is 1.72 bits per heavy atom. The Morgan fingerprint density at radius 1 is 0.500 bits per heavy atom. The summed E-state index contributed by atoms with van der Waals surface area (Å²) >= 11 is 0. The van der Waals surface area contributed by atoms with Crippen LogP contribution in [0, 0.1) is 0 Å². The average molecular weight is 439 g/mol. The monoisotopic (exact) mass is 438 g/mol. The first-order chi connectivity index (χ1) is 15.8. The van der Waals surface area contributed by atoms with E-state index in [-0.39, 0.29) is 0 Å². The van der Waals surface area contributed by atoms with Gasteiger partial charge in [-0.1, -0.05) is 135 Å². The maximum atomic E-state index is 11.7. The fourth-order valence-corrected chi connectivity index (χ4v) is 7.96.